The highest BCUT2D eigenvalue weighted by Crippen LogP contribution is 2.20. The fourth-order valence-electron chi connectivity index (χ4n) is 1.59. The van der Waals surface area contributed by atoms with Gasteiger partial charge >= 0.3 is 5.97 Å². The van der Waals surface area contributed by atoms with Gasteiger partial charge in [-0.15, -0.1) is 0 Å². The average molecular weight is 270 g/mol. The van der Waals surface area contributed by atoms with Crippen LogP contribution in [0, 0.1) is 0 Å². The van der Waals surface area contributed by atoms with Crippen LogP contribution in [0.25, 0.3) is 0 Å². The minimum atomic E-state index is -1.01. The molecule has 1 N–H and O–H groups in total. The number of carboxylic acid groups (broad SMARTS) is 1. The van der Waals surface area contributed by atoms with E-state index in [4.69, 9.17) is 28.3 Å². The van der Waals surface area contributed by atoms with Crippen LogP contribution in [0.2, 0.25) is 10.0 Å². The monoisotopic (exact) mass is 269 g/mol. The van der Waals surface area contributed by atoms with Crippen molar-refractivity contribution in [2.45, 2.75) is 6.54 Å². The highest BCUT2D eigenvalue weighted by molar-refractivity contribution is 6.31. The Hall–Kier alpha value is -1.45. The van der Waals surface area contributed by atoms with E-state index >= 15 is 0 Å². The Morgan fingerprint density at radius 3 is 2.65 bits per heavy atom. The van der Waals surface area contributed by atoms with E-state index in [1.54, 1.807) is 16.8 Å². The molecule has 0 spiro atoms. The van der Waals surface area contributed by atoms with Crippen LogP contribution in [0.4, 0.5) is 0 Å². The van der Waals surface area contributed by atoms with E-state index in [1.165, 1.54) is 6.07 Å². The van der Waals surface area contributed by atoms with E-state index in [9.17, 15) is 4.79 Å². The molecule has 1 aromatic carbocycles. The molecule has 17 heavy (non-hydrogen) atoms. The Kier molecular flexibility index (Phi) is 3.41. The van der Waals surface area contributed by atoms with Crippen molar-refractivity contribution in [2.75, 3.05) is 0 Å². The normalized spacial score (nSPS) is 10.5. The second-order valence-corrected chi connectivity index (χ2v) is 4.41. The minimum Gasteiger partial charge on any atom is -0.477 e. The van der Waals surface area contributed by atoms with Crippen molar-refractivity contribution in [1.29, 1.82) is 0 Å². The van der Waals surface area contributed by atoms with E-state index in [1.807, 2.05) is 18.2 Å². The molecule has 2 aromatic rings. The Morgan fingerprint density at radius 2 is 2.00 bits per heavy atom. The summed E-state index contributed by atoms with van der Waals surface area (Å²) in [4.78, 5) is 11.0. The van der Waals surface area contributed by atoms with Gasteiger partial charge in [0.1, 0.15) is 5.69 Å². The molecule has 0 atom stereocenters. The van der Waals surface area contributed by atoms with E-state index in [0.29, 0.717) is 16.6 Å². The van der Waals surface area contributed by atoms with Crippen LogP contribution in [0.1, 0.15) is 16.1 Å². The lowest BCUT2D eigenvalue weighted by atomic mass is 10.2. The Labute approximate surface area is 108 Å². The van der Waals surface area contributed by atoms with E-state index in [-0.39, 0.29) is 5.69 Å². The third kappa shape index (κ3) is 2.62. The number of aromatic carboxylic acids is 1. The summed E-state index contributed by atoms with van der Waals surface area (Å²) in [6, 6.07) is 8.71. The van der Waals surface area contributed by atoms with Crippen molar-refractivity contribution in [3.63, 3.8) is 0 Å². The van der Waals surface area contributed by atoms with Crippen LogP contribution in [0.15, 0.2) is 36.5 Å². The van der Waals surface area contributed by atoms with Crippen LogP contribution >= 0.6 is 23.2 Å². The van der Waals surface area contributed by atoms with Crippen molar-refractivity contribution in [2.24, 2.45) is 0 Å². The first-order valence-electron chi connectivity index (χ1n) is 4.90. The second-order valence-electron chi connectivity index (χ2n) is 3.57. The predicted molar refractivity (Wildman–Crippen MR) is 67.0 cm³/mol. The predicted octanol–water partition coefficient (Wildman–Crippen LogP) is 3.54. The molecular formula is C12H9Cl2NO2. The number of benzene rings is 1. The highest BCUT2D eigenvalue weighted by Gasteiger charge is 2.12. The van der Waals surface area contributed by atoms with Gasteiger partial charge in [-0.25, -0.2) is 4.79 Å². The summed E-state index contributed by atoms with van der Waals surface area (Å²) in [5, 5.41) is 10.0. The van der Waals surface area contributed by atoms with Crippen molar-refractivity contribution in [3.05, 3.63) is 57.8 Å². The molecule has 0 saturated carbocycles. The molecule has 0 unspecified atom stereocenters. The smallest absolute Gasteiger partial charge is 0.352 e. The maximum absolute atomic E-state index is 11.0. The number of halogens is 2. The lowest BCUT2D eigenvalue weighted by Gasteiger charge is -2.07. The number of hydrogen-bond acceptors (Lipinski definition) is 1. The first kappa shape index (κ1) is 12.0. The first-order valence-corrected chi connectivity index (χ1v) is 5.66. The quantitative estimate of drug-likeness (QED) is 0.926. The summed E-state index contributed by atoms with van der Waals surface area (Å²) in [5.74, 6) is -1.01. The zero-order valence-electron chi connectivity index (χ0n) is 8.73. The molecule has 0 saturated heterocycles. The Balaban J connectivity index is 2.36. The average Bonchev–Trinajstić information content (AvgIpc) is 2.63. The zero-order chi connectivity index (χ0) is 12.4. The Morgan fingerprint density at radius 1 is 1.29 bits per heavy atom. The van der Waals surface area contributed by atoms with E-state index < -0.39 is 5.97 Å². The minimum absolute atomic E-state index is 0.148. The first-order chi connectivity index (χ1) is 8.08. The molecule has 0 aliphatic rings. The SMILES string of the molecule is O=C(O)c1cc(Cl)cn1Cc1ccccc1Cl. The van der Waals surface area contributed by atoms with Crippen LogP contribution in [-0.4, -0.2) is 15.6 Å². The van der Waals surface area contributed by atoms with Gasteiger partial charge < -0.3 is 9.67 Å². The topological polar surface area (TPSA) is 42.2 Å². The number of carbonyl (C=O) groups is 1. The van der Waals surface area contributed by atoms with Gasteiger partial charge in [0.05, 0.1) is 5.02 Å². The fraction of sp³-hybridized carbons (Fsp3) is 0.0833. The molecule has 0 radical (unpaired) electrons. The summed E-state index contributed by atoms with van der Waals surface area (Å²) in [6.45, 7) is 0.383. The fourth-order valence-corrected chi connectivity index (χ4v) is 2.01. The molecule has 0 bridgehead atoms. The standard InChI is InChI=1S/C12H9Cl2NO2/c13-9-5-11(12(16)17)15(7-9)6-8-3-1-2-4-10(8)14/h1-5,7H,6H2,(H,16,17). The van der Waals surface area contributed by atoms with Gasteiger partial charge in [-0.2, -0.15) is 0 Å². The molecular weight excluding hydrogens is 261 g/mol. The molecule has 0 aliphatic heterocycles. The summed E-state index contributed by atoms with van der Waals surface area (Å²) in [6.07, 6.45) is 1.58. The van der Waals surface area contributed by atoms with Crippen LogP contribution in [-0.2, 0) is 6.54 Å². The molecule has 1 heterocycles. The van der Waals surface area contributed by atoms with Gasteiger partial charge in [-0.1, -0.05) is 41.4 Å². The van der Waals surface area contributed by atoms with Gasteiger partial charge in [0.2, 0.25) is 0 Å². The number of aromatic nitrogens is 1. The van der Waals surface area contributed by atoms with E-state index in [0.717, 1.165) is 5.56 Å². The molecule has 3 nitrogen and oxygen atoms in total. The molecule has 0 amide bonds. The van der Waals surface area contributed by atoms with Crippen LogP contribution in [0.3, 0.4) is 0 Å². The van der Waals surface area contributed by atoms with Crippen LogP contribution < -0.4 is 0 Å². The number of nitrogens with zero attached hydrogens (tertiary/aromatic N) is 1. The van der Waals surface area contributed by atoms with Crippen molar-refractivity contribution < 1.29 is 9.90 Å². The summed E-state index contributed by atoms with van der Waals surface area (Å²) in [7, 11) is 0. The molecule has 0 fully saturated rings. The van der Waals surface area contributed by atoms with Crippen molar-refractivity contribution in [1.82, 2.24) is 4.57 Å². The second kappa shape index (κ2) is 4.82. The number of carboxylic acids is 1. The lowest BCUT2D eigenvalue weighted by molar-refractivity contribution is 0.0685. The summed E-state index contributed by atoms with van der Waals surface area (Å²) < 4.78 is 1.56. The molecule has 5 heteroatoms. The Bertz CT molecular complexity index is 563. The van der Waals surface area contributed by atoms with Crippen molar-refractivity contribution in [3.8, 4) is 0 Å². The maximum atomic E-state index is 11.0. The zero-order valence-corrected chi connectivity index (χ0v) is 10.2. The lowest BCUT2D eigenvalue weighted by Crippen LogP contribution is -2.08. The van der Waals surface area contributed by atoms with Gasteiger partial charge in [0, 0.05) is 17.8 Å². The van der Waals surface area contributed by atoms with Crippen LogP contribution in [0.5, 0.6) is 0 Å². The number of rotatable bonds is 3. The number of hydrogen-bond donors (Lipinski definition) is 1. The molecule has 0 aliphatic carbocycles. The third-order valence-electron chi connectivity index (χ3n) is 2.38. The maximum Gasteiger partial charge on any atom is 0.352 e. The molecule has 1 aromatic heterocycles. The van der Waals surface area contributed by atoms with Gasteiger partial charge in [0.15, 0.2) is 0 Å². The van der Waals surface area contributed by atoms with Crippen molar-refractivity contribution >= 4 is 29.2 Å². The summed E-state index contributed by atoms with van der Waals surface area (Å²) in [5.41, 5.74) is 0.999. The molecule has 88 valence electrons. The van der Waals surface area contributed by atoms with E-state index in [2.05, 4.69) is 0 Å². The largest absolute Gasteiger partial charge is 0.477 e. The van der Waals surface area contributed by atoms with Gasteiger partial charge in [-0.3, -0.25) is 0 Å². The van der Waals surface area contributed by atoms with Gasteiger partial charge in [0.25, 0.3) is 0 Å². The summed E-state index contributed by atoms with van der Waals surface area (Å²) >= 11 is 11.8. The van der Waals surface area contributed by atoms with Gasteiger partial charge in [-0.05, 0) is 17.7 Å². The third-order valence-corrected chi connectivity index (χ3v) is 2.96. The molecule has 2 rings (SSSR count). The highest BCUT2D eigenvalue weighted by atomic mass is 35.5.